The highest BCUT2D eigenvalue weighted by atomic mass is 16.4. The van der Waals surface area contributed by atoms with Gasteiger partial charge in [0.25, 0.3) is 0 Å². The van der Waals surface area contributed by atoms with Crippen LogP contribution in [-0.4, -0.2) is 17.0 Å². The Labute approximate surface area is 76.3 Å². The van der Waals surface area contributed by atoms with Gasteiger partial charge < -0.3 is 21.2 Å². The normalized spacial score (nSPS) is 27.4. The van der Waals surface area contributed by atoms with Crippen LogP contribution in [0.15, 0.2) is 0 Å². The lowest BCUT2D eigenvalue weighted by Crippen LogP contribution is -2.40. The molecule has 1 fully saturated rings. The van der Waals surface area contributed by atoms with Crippen LogP contribution in [0, 0.1) is 11.8 Å². The third-order valence-electron chi connectivity index (χ3n) is 2.39. The summed E-state index contributed by atoms with van der Waals surface area (Å²) in [5.41, 5.74) is 0. The summed E-state index contributed by atoms with van der Waals surface area (Å²) in [6, 6.07) is 0. The lowest BCUT2D eigenvalue weighted by molar-refractivity contribution is -0.314. The van der Waals surface area contributed by atoms with E-state index < -0.39 is 23.8 Å². The number of carbonyl (C=O) groups excluding carboxylic acids is 1. The molecule has 5 heteroatoms. The van der Waals surface area contributed by atoms with Crippen LogP contribution < -0.4 is 11.3 Å². The van der Waals surface area contributed by atoms with Crippen molar-refractivity contribution in [3.63, 3.8) is 0 Å². The molecule has 0 radical (unpaired) electrons. The molecule has 1 rings (SSSR count). The van der Waals surface area contributed by atoms with Gasteiger partial charge in [0.1, 0.15) is 0 Å². The van der Waals surface area contributed by atoms with Gasteiger partial charge in [-0.25, -0.2) is 0 Å². The van der Waals surface area contributed by atoms with E-state index in [-0.39, 0.29) is 6.15 Å². The van der Waals surface area contributed by atoms with Crippen molar-refractivity contribution < 1.29 is 19.8 Å². The Morgan fingerprint density at radius 3 is 1.92 bits per heavy atom. The Bertz CT molecular complexity index is 182. The minimum atomic E-state index is -1.22. The van der Waals surface area contributed by atoms with Crippen molar-refractivity contribution in [1.82, 2.24) is 6.15 Å². The smallest absolute Gasteiger partial charge is 0.307 e. The molecule has 76 valence electrons. The van der Waals surface area contributed by atoms with E-state index in [1.54, 1.807) is 0 Å². The van der Waals surface area contributed by atoms with Gasteiger partial charge in [0.15, 0.2) is 0 Å². The molecule has 0 aliphatic heterocycles. The highest BCUT2D eigenvalue weighted by molar-refractivity contribution is 5.79. The molecule has 0 saturated heterocycles. The molecule has 5 nitrogen and oxygen atoms in total. The Balaban J connectivity index is 0.00000144. The maximum Gasteiger partial charge on any atom is 0.307 e. The summed E-state index contributed by atoms with van der Waals surface area (Å²) in [7, 11) is 0. The number of hydrogen-bond donors (Lipinski definition) is 2. The van der Waals surface area contributed by atoms with Gasteiger partial charge in [-0.3, -0.25) is 4.79 Å². The monoisotopic (exact) mass is 189 g/mol. The molecule has 0 aromatic rings. The molecule has 0 aromatic heterocycles. The molecule has 1 aliphatic carbocycles. The molecule has 0 heterocycles. The third-order valence-corrected chi connectivity index (χ3v) is 2.39. The van der Waals surface area contributed by atoms with Crippen molar-refractivity contribution in [2.75, 3.05) is 0 Å². The van der Waals surface area contributed by atoms with E-state index in [0.717, 1.165) is 12.8 Å². The fraction of sp³-hybridized carbons (Fsp3) is 0.750. The Morgan fingerprint density at radius 2 is 1.62 bits per heavy atom. The molecule has 0 unspecified atom stereocenters. The summed E-state index contributed by atoms with van der Waals surface area (Å²) in [6.07, 6.45) is 2.51. The van der Waals surface area contributed by atoms with E-state index in [4.69, 9.17) is 5.11 Å². The number of carboxylic acids is 2. The predicted molar refractivity (Wildman–Crippen MR) is 44.1 cm³/mol. The van der Waals surface area contributed by atoms with Gasteiger partial charge in [0.2, 0.25) is 0 Å². The first-order chi connectivity index (χ1) is 5.63. The first-order valence-corrected chi connectivity index (χ1v) is 4.06. The van der Waals surface area contributed by atoms with Crippen molar-refractivity contribution in [3.8, 4) is 0 Å². The summed E-state index contributed by atoms with van der Waals surface area (Å²) >= 11 is 0. The van der Waals surface area contributed by atoms with E-state index in [0.29, 0.717) is 12.8 Å². The van der Waals surface area contributed by atoms with Crippen LogP contribution in [0.2, 0.25) is 0 Å². The summed E-state index contributed by atoms with van der Waals surface area (Å²) < 4.78 is 0. The van der Waals surface area contributed by atoms with E-state index in [2.05, 4.69) is 0 Å². The number of carbonyl (C=O) groups is 2. The molecule has 0 aromatic carbocycles. The SMILES string of the molecule is O=C(O)[C@H]1CCCC[C@H]1C(=O)[O-].[NH4+]. The van der Waals surface area contributed by atoms with E-state index in [1.807, 2.05) is 0 Å². The topological polar surface area (TPSA) is 114 Å². The van der Waals surface area contributed by atoms with Crippen molar-refractivity contribution in [2.24, 2.45) is 11.8 Å². The van der Waals surface area contributed by atoms with Crippen molar-refractivity contribution >= 4 is 11.9 Å². The molecule has 2 atom stereocenters. The van der Waals surface area contributed by atoms with Gasteiger partial charge in [-0.1, -0.05) is 12.8 Å². The first-order valence-electron chi connectivity index (χ1n) is 4.06. The third kappa shape index (κ3) is 2.69. The highest BCUT2D eigenvalue weighted by Crippen LogP contribution is 2.29. The van der Waals surface area contributed by atoms with Gasteiger partial charge >= 0.3 is 5.97 Å². The Hall–Kier alpha value is -1.10. The molecule has 0 bridgehead atoms. The Kier molecular flexibility index (Phi) is 4.40. The number of quaternary nitrogens is 1. The lowest BCUT2D eigenvalue weighted by Gasteiger charge is -2.28. The minimum absolute atomic E-state index is 0. The summed E-state index contributed by atoms with van der Waals surface area (Å²) in [6.45, 7) is 0. The fourth-order valence-corrected chi connectivity index (χ4v) is 1.71. The van der Waals surface area contributed by atoms with Crippen LogP contribution >= 0.6 is 0 Å². The maximum atomic E-state index is 10.6. The van der Waals surface area contributed by atoms with E-state index in [9.17, 15) is 14.7 Å². The van der Waals surface area contributed by atoms with Gasteiger partial charge in [0.05, 0.1) is 5.92 Å². The number of hydrogen-bond acceptors (Lipinski definition) is 3. The number of aliphatic carboxylic acids is 2. The van der Waals surface area contributed by atoms with Gasteiger partial charge in [0, 0.05) is 11.9 Å². The zero-order valence-electron chi connectivity index (χ0n) is 7.66. The average Bonchev–Trinajstić information content (AvgIpc) is 2.04. The second-order valence-electron chi connectivity index (χ2n) is 3.15. The van der Waals surface area contributed by atoms with E-state index >= 15 is 0 Å². The standard InChI is InChI=1S/C8H12O4.H3N/c9-7(10)5-3-1-2-4-6(5)8(11)12;/h5-6H,1-4H2,(H,9,10)(H,11,12);1H3/t5-,6+;. The molecular weight excluding hydrogens is 174 g/mol. The second-order valence-corrected chi connectivity index (χ2v) is 3.15. The number of rotatable bonds is 2. The molecule has 1 saturated carbocycles. The largest absolute Gasteiger partial charge is 0.550 e. The number of carboxylic acid groups (broad SMARTS) is 2. The quantitative estimate of drug-likeness (QED) is 0.636. The lowest BCUT2D eigenvalue weighted by atomic mass is 9.79. The first kappa shape index (κ1) is 11.9. The van der Waals surface area contributed by atoms with Crippen molar-refractivity contribution in [2.45, 2.75) is 25.7 Å². The van der Waals surface area contributed by atoms with Crippen LogP contribution in [0.3, 0.4) is 0 Å². The Morgan fingerprint density at radius 1 is 1.15 bits per heavy atom. The molecule has 0 spiro atoms. The van der Waals surface area contributed by atoms with Gasteiger partial charge in [-0.05, 0) is 12.8 Å². The van der Waals surface area contributed by atoms with Crippen LogP contribution in [-0.2, 0) is 9.59 Å². The summed E-state index contributed by atoms with van der Waals surface area (Å²) in [5.74, 6) is -3.74. The van der Waals surface area contributed by atoms with Crippen molar-refractivity contribution in [3.05, 3.63) is 0 Å². The van der Waals surface area contributed by atoms with Crippen LogP contribution in [0.25, 0.3) is 0 Å². The fourth-order valence-electron chi connectivity index (χ4n) is 1.71. The van der Waals surface area contributed by atoms with Crippen molar-refractivity contribution in [1.29, 1.82) is 0 Å². The van der Waals surface area contributed by atoms with Crippen LogP contribution in [0.5, 0.6) is 0 Å². The molecule has 5 N–H and O–H groups in total. The molecular formula is C8H15NO4. The molecule has 13 heavy (non-hydrogen) atoms. The minimum Gasteiger partial charge on any atom is -0.550 e. The molecule has 1 aliphatic rings. The zero-order chi connectivity index (χ0) is 9.14. The van der Waals surface area contributed by atoms with Crippen LogP contribution in [0.1, 0.15) is 25.7 Å². The van der Waals surface area contributed by atoms with E-state index in [1.165, 1.54) is 0 Å². The second kappa shape index (κ2) is 4.81. The summed E-state index contributed by atoms with van der Waals surface area (Å²) in [4.78, 5) is 21.1. The zero-order valence-corrected chi connectivity index (χ0v) is 7.66. The summed E-state index contributed by atoms with van der Waals surface area (Å²) in [5, 5.41) is 19.2. The van der Waals surface area contributed by atoms with Gasteiger partial charge in [-0.15, -0.1) is 0 Å². The van der Waals surface area contributed by atoms with Gasteiger partial charge in [-0.2, -0.15) is 0 Å². The predicted octanol–water partition coefficient (Wildman–Crippen LogP) is 0.00350. The van der Waals surface area contributed by atoms with Crippen LogP contribution in [0.4, 0.5) is 0 Å². The highest BCUT2D eigenvalue weighted by Gasteiger charge is 2.31. The average molecular weight is 189 g/mol. The molecule has 0 amide bonds. The maximum absolute atomic E-state index is 10.6.